The van der Waals surface area contributed by atoms with Crippen LogP contribution in [0.3, 0.4) is 0 Å². The first kappa shape index (κ1) is 53.5. The largest absolute Gasteiger partial charge is 0.0991 e. The summed E-state index contributed by atoms with van der Waals surface area (Å²) in [6, 6.07) is 77.7. The summed E-state index contributed by atoms with van der Waals surface area (Å²) in [7, 11) is 0. The normalized spacial score (nSPS) is 13.8. The average Bonchev–Trinajstić information content (AvgIpc) is 3.48. The first-order chi connectivity index (χ1) is 36.4. The van der Waals surface area contributed by atoms with E-state index in [0.29, 0.717) is 0 Å². The molecule has 368 valence electrons. The van der Waals surface area contributed by atoms with Crippen molar-refractivity contribution >= 4 is 17.2 Å². The molecule has 0 amide bonds. The summed E-state index contributed by atoms with van der Waals surface area (Å²) in [5.74, 6) is 0. The molecule has 8 aromatic carbocycles. The fourth-order valence-electron chi connectivity index (χ4n) is 10.3. The van der Waals surface area contributed by atoms with Crippen LogP contribution in [-0.4, -0.2) is 0 Å². The Hall–Kier alpha value is -8.32. The molecule has 8 aromatic rings. The minimum atomic E-state index is -0.531. The van der Waals surface area contributed by atoms with Gasteiger partial charge in [0.2, 0.25) is 0 Å². The molecule has 0 atom stereocenters. The molecule has 0 radical (unpaired) electrons. The number of fused-ring (bicyclic) bond motifs is 2. The van der Waals surface area contributed by atoms with Crippen molar-refractivity contribution in [3.8, 4) is 11.1 Å². The van der Waals surface area contributed by atoms with E-state index in [1.165, 1.54) is 72.3 Å². The van der Waals surface area contributed by atoms with Crippen molar-refractivity contribution in [2.24, 2.45) is 0 Å². The summed E-state index contributed by atoms with van der Waals surface area (Å²) in [4.78, 5) is 0. The molecule has 0 saturated heterocycles. The van der Waals surface area contributed by atoms with Gasteiger partial charge < -0.3 is 0 Å². The number of rotatable bonds is 15. The van der Waals surface area contributed by atoms with Crippen LogP contribution in [-0.2, 0) is 10.8 Å². The third kappa shape index (κ3) is 12.1. The van der Waals surface area contributed by atoms with Crippen LogP contribution in [0.4, 0.5) is 0 Å². The summed E-state index contributed by atoms with van der Waals surface area (Å²) in [6.07, 6.45) is 29.4. The lowest BCUT2D eigenvalue weighted by Gasteiger charge is -2.49. The van der Waals surface area contributed by atoms with Gasteiger partial charge in [-0.25, -0.2) is 0 Å². The molecule has 0 bridgehead atoms. The van der Waals surface area contributed by atoms with Gasteiger partial charge in [0.05, 0.1) is 5.41 Å². The average molecular weight is 961 g/mol. The van der Waals surface area contributed by atoms with Crippen LogP contribution in [0, 0.1) is 6.92 Å². The number of benzene rings is 8. The van der Waals surface area contributed by atoms with Crippen LogP contribution in [0.15, 0.2) is 292 Å². The van der Waals surface area contributed by atoms with Crippen LogP contribution in [0.1, 0.15) is 109 Å². The molecule has 0 N–H and O–H groups in total. The molecular formula is C74H72. The Morgan fingerprint density at radius 2 is 0.986 bits per heavy atom. The van der Waals surface area contributed by atoms with Crippen molar-refractivity contribution in [2.75, 3.05) is 0 Å². The van der Waals surface area contributed by atoms with Crippen molar-refractivity contribution in [1.82, 2.24) is 0 Å². The van der Waals surface area contributed by atoms with E-state index in [4.69, 9.17) is 0 Å². The van der Waals surface area contributed by atoms with Gasteiger partial charge in [-0.2, -0.15) is 0 Å². The van der Waals surface area contributed by atoms with Crippen molar-refractivity contribution in [3.05, 3.63) is 353 Å². The Morgan fingerprint density at radius 1 is 0.473 bits per heavy atom. The molecule has 1 aliphatic rings. The fraction of sp³-hybridized carbons (Fsp3) is 0.135. The molecule has 0 heteroatoms. The Labute approximate surface area is 444 Å². The molecule has 0 aliphatic heterocycles. The second-order valence-electron chi connectivity index (χ2n) is 18.3. The number of allylic oxidation sites excluding steroid dienone is 14. The third-order valence-electron chi connectivity index (χ3n) is 13.8. The van der Waals surface area contributed by atoms with Crippen LogP contribution in [0.5, 0.6) is 0 Å². The molecule has 1 aliphatic carbocycles. The summed E-state index contributed by atoms with van der Waals surface area (Å²) >= 11 is 0. The first-order valence-corrected chi connectivity index (χ1v) is 26.4. The summed E-state index contributed by atoms with van der Waals surface area (Å²) in [5, 5.41) is 0. The lowest BCUT2D eigenvalue weighted by atomic mass is 9.52. The van der Waals surface area contributed by atoms with Gasteiger partial charge in [0.25, 0.3) is 0 Å². The van der Waals surface area contributed by atoms with Crippen molar-refractivity contribution in [2.45, 2.75) is 65.2 Å². The molecule has 0 unspecified atom stereocenters. The quantitative estimate of drug-likeness (QED) is 0.0898. The van der Waals surface area contributed by atoms with Gasteiger partial charge in [-0.15, -0.1) is 0 Å². The van der Waals surface area contributed by atoms with E-state index < -0.39 is 10.8 Å². The molecule has 0 saturated carbocycles. The van der Waals surface area contributed by atoms with Gasteiger partial charge in [0, 0.05) is 5.41 Å². The van der Waals surface area contributed by atoms with Gasteiger partial charge in [-0.3, -0.25) is 0 Å². The summed E-state index contributed by atoms with van der Waals surface area (Å²) in [5.41, 5.74) is 17.7. The Kier molecular flexibility index (Phi) is 19.5. The second kappa shape index (κ2) is 26.9. The van der Waals surface area contributed by atoms with Crippen molar-refractivity contribution in [3.63, 3.8) is 0 Å². The molecule has 9 rings (SSSR count). The Bertz CT molecular complexity index is 3150. The summed E-state index contributed by atoms with van der Waals surface area (Å²) < 4.78 is 0. The van der Waals surface area contributed by atoms with E-state index >= 15 is 0 Å². The highest BCUT2D eigenvalue weighted by Gasteiger charge is 2.51. The molecule has 0 heterocycles. The van der Waals surface area contributed by atoms with Crippen molar-refractivity contribution < 1.29 is 0 Å². The maximum Gasteiger partial charge on any atom is 0.0707 e. The molecular weight excluding hydrogens is 889 g/mol. The van der Waals surface area contributed by atoms with Gasteiger partial charge in [0.15, 0.2) is 0 Å². The molecule has 74 heavy (non-hydrogen) atoms. The van der Waals surface area contributed by atoms with E-state index in [1.54, 1.807) is 6.08 Å². The predicted octanol–water partition coefficient (Wildman–Crippen LogP) is 20.1. The van der Waals surface area contributed by atoms with Crippen molar-refractivity contribution in [1.29, 1.82) is 0 Å². The first-order valence-electron chi connectivity index (χ1n) is 26.4. The van der Waals surface area contributed by atoms with E-state index in [9.17, 15) is 0 Å². The second-order valence-corrected chi connectivity index (χ2v) is 18.3. The molecule has 0 aromatic heterocycles. The number of hydrogen-bond acceptors (Lipinski definition) is 0. The zero-order chi connectivity index (χ0) is 52.0. The highest BCUT2D eigenvalue weighted by molar-refractivity contribution is 5.83. The summed E-state index contributed by atoms with van der Waals surface area (Å²) in [6.45, 7) is 16.7. The SMILES string of the molecule is C=C/C=C\C=C/c1ccc(/C(=C/C=C\C=C(/C=C/C=C/CC)c2ccc(-c3ccccc3)c(C3(C)c4ccccc4C(c4ccccc4)(c4ccccc4)c4ccccc43)c2)CC)cc1.CC.Cc1ccccc1. The Balaban J connectivity index is 0.000000812. The third-order valence-corrected chi connectivity index (χ3v) is 13.8. The van der Waals surface area contributed by atoms with Crippen LogP contribution in [0.2, 0.25) is 0 Å². The molecule has 0 spiro atoms. The zero-order valence-corrected chi connectivity index (χ0v) is 44.3. The van der Waals surface area contributed by atoms with Gasteiger partial charge >= 0.3 is 0 Å². The molecule has 0 nitrogen and oxygen atoms in total. The predicted molar refractivity (Wildman–Crippen MR) is 323 cm³/mol. The minimum Gasteiger partial charge on any atom is -0.0991 e. The zero-order valence-electron chi connectivity index (χ0n) is 44.3. The lowest BCUT2D eigenvalue weighted by molar-refractivity contribution is 0.590. The lowest BCUT2D eigenvalue weighted by Crippen LogP contribution is -2.43. The van der Waals surface area contributed by atoms with Crippen LogP contribution >= 0.6 is 0 Å². The topological polar surface area (TPSA) is 0 Å². The standard InChI is InChI=1S/C65H58.C7H8.C2H6/c1-5-8-10-15-29-50-43-45-53(46-44-50)51(7-3)30-23-24-32-52(31-16-11-9-6-2)55-47-48-58(54-33-17-12-18-34-54)63(49-55)64(4)59-39-25-27-41-61(59)65(56-35-19-13-20-36-56,57-37-21-14-22-38-57)62-42-28-26-40-60(62)64;1-7-5-3-2-4-6-7;1-2/h5,8-49H,1,6-7H2,2-4H3;2-6H,1H3;1-2H3/b10-8-,11-9+,24-23-,29-15-,31-16+,51-30+,52-32+;;. The Morgan fingerprint density at radius 3 is 1.51 bits per heavy atom. The van der Waals surface area contributed by atoms with E-state index in [1.807, 2.05) is 50.3 Å². The van der Waals surface area contributed by atoms with E-state index in [0.717, 1.165) is 24.0 Å². The minimum absolute atomic E-state index is 0.527. The van der Waals surface area contributed by atoms with Gasteiger partial charge in [0.1, 0.15) is 0 Å². The smallest absolute Gasteiger partial charge is 0.0707 e. The molecule has 0 fully saturated rings. The van der Waals surface area contributed by atoms with Crippen LogP contribution < -0.4 is 0 Å². The fourth-order valence-corrected chi connectivity index (χ4v) is 10.3. The number of hydrogen-bond donors (Lipinski definition) is 0. The van der Waals surface area contributed by atoms with E-state index in [-0.39, 0.29) is 0 Å². The highest BCUT2D eigenvalue weighted by atomic mass is 14.5. The van der Waals surface area contributed by atoms with E-state index in [2.05, 4.69) is 283 Å². The maximum absolute atomic E-state index is 3.75. The van der Waals surface area contributed by atoms with Crippen LogP contribution in [0.25, 0.3) is 28.3 Å². The van der Waals surface area contributed by atoms with Gasteiger partial charge in [-0.1, -0.05) is 325 Å². The highest BCUT2D eigenvalue weighted by Crippen LogP contribution is 2.58. The maximum atomic E-state index is 3.75. The van der Waals surface area contributed by atoms with Gasteiger partial charge in [-0.05, 0) is 111 Å². The number of aryl methyl sites for hydroxylation is 1. The monoisotopic (exact) mass is 961 g/mol.